The molecule has 136 valence electrons. The maximum Gasteiger partial charge on any atom is 0.363 e. The molecular weight excluding hydrogens is 402 g/mol. The topological polar surface area (TPSA) is 70.3 Å². The number of hydrogen-bond acceptors (Lipinski definition) is 6. The van der Waals surface area contributed by atoms with Crippen LogP contribution in [0.4, 0.5) is 0 Å². The molecule has 1 aliphatic heterocycles. The molecular formula is C19H18BrNO5. The lowest BCUT2D eigenvalue weighted by atomic mass is 10.1. The van der Waals surface area contributed by atoms with Crippen molar-refractivity contribution in [3.05, 3.63) is 52.0 Å². The average Bonchev–Trinajstić information content (AvgIpc) is 3.25. The van der Waals surface area contributed by atoms with E-state index in [-0.39, 0.29) is 11.6 Å². The molecule has 7 heteroatoms. The second kappa shape index (κ2) is 8.23. The predicted molar refractivity (Wildman–Crippen MR) is 100 cm³/mol. The van der Waals surface area contributed by atoms with E-state index in [1.165, 1.54) is 6.26 Å². The van der Waals surface area contributed by atoms with Gasteiger partial charge in [0.15, 0.2) is 23.0 Å². The van der Waals surface area contributed by atoms with E-state index >= 15 is 0 Å². The zero-order valence-corrected chi connectivity index (χ0v) is 16.0. The van der Waals surface area contributed by atoms with Crippen molar-refractivity contribution in [3.8, 4) is 11.5 Å². The van der Waals surface area contributed by atoms with Gasteiger partial charge in [-0.3, -0.25) is 0 Å². The second-order valence-corrected chi connectivity index (χ2v) is 6.28. The summed E-state index contributed by atoms with van der Waals surface area (Å²) in [4.78, 5) is 16.3. The Bertz CT molecular complexity index is 855. The van der Waals surface area contributed by atoms with E-state index in [2.05, 4.69) is 20.9 Å². The van der Waals surface area contributed by atoms with Gasteiger partial charge in [0.2, 0.25) is 0 Å². The summed E-state index contributed by atoms with van der Waals surface area (Å²) in [5, 5.41) is 0. The largest absolute Gasteiger partial charge is 0.490 e. The summed E-state index contributed by atoms with van der Waals surface area (Å²) in [6.07, 6.45) is 4.02. The summed E-state index contributed by atoms with van der Waals surface area (Å²) >= 11 is 3.50. The molecule has 0 spiro atoms. The molecule has 2 heterocycles. The standard InChI is InChI=1S/C19H18BrNO5/c1-3-7-25-17-13(20)9-12(11-16(17)23-4-2)10-14-19(22)26-18(21-14)15-6-5-8-24-15/h5-6,8-11H,3-4,7H2,1-2H3/b14-10-. The van der Waals surface area contributed by atoms with Crippen molar-refractivity contribution in [1.29, 1.82) is 0 Å². The summed E-state index contributed by atoms with van der Waals surface area (Å²) < 4.78 is 22.5. The van der Waals surface area contributed by atoms with E-state index in [1.807, 2.05) is 19.9 Å². The van der Waals surface area contributed by atoms with Crippen molar-refractivity contribution in [2.24, 2.45) is 4.99 Å². The SMILES string of the molecule is CCCOc1c(Br)cc(/C=C2\N=C(c3ccco3)OC2=O)cc1OCC. The normalized spacial score (nSPS) is 15.1. The minimum Gasteiger partial charge on any atom is -0.490 e. The van der Waals surface area contributed by atoms with Gasteiger partial charge < -0.3 is 18.6 Å². The Labute approximate surface area is 159 Å². The van der Waals surface area contributed by atoms with Gasteiger partial charge in [0.1, 0.15) is 0 Å². The van der Waals surface area contributed by atoms with Gasteiger partial charge >= 0.3 is 5.97 Å². The molecule has 0 fully saturated rings. The summed E-state index contributed by atoms with van der Waals surface area (Å²) in [5.74, 6) is 1.27. The molecule has 0 bridgehead atoms. The zero-order valence-electron chi connectivity index (χ0n) is 14.5. The van der Waals surface area contributed by atoms with E-state index in [0.717, 1.165) is 16.5 Å². The number of rotatable bonds is 7. The molecule has 0 saturated heterocycles. The van der Waals surface area contributed by atoms with Crippen molar-refractivity contribution >= 4 is 33.9 Å². The maximum atomic E-state index is 12.1. The Hall–Kier alpha value is -2.54. The molecule has 26 heavy (non-hydrogen) atoms. The average molecular weight is 420 g/mol. The number of halogens is 1. The van der Waals surface area contributed by atoms with Crippen LogP contribution in [0.5, 0.6) is 11.5 Å². The van der Waals surface area contributed by atoms with E-state index in [1.54, 1.807) is 24.3 Å². The minimum atomic E-state index is -0.531. The van der Waals surface area contributed by atoms with E-state index in [9.17, 15) is 4.79 Å². The molecule has 1 aromatic heterocycles. The van der Waals surface area contributed by atoms with Crippen LogP contribution in [0, 0.1) is 0 Å². The number of nitrogens with zero attached hydrogens (tertiary/aromatic N) is 1. The van der Waals surface area contributed by atoms with Crippen LogP contribution in [0.15, 0.2) is 50.1 Å². The molecule has 0 amide bonds. The number of ether oxygens (including phenoxy) is 3. The van der Waals surface area contributed by atoms with Crippen LogP contribution in [0.1, 0.15) is 31.6 Å². The van der Waals surface area contributed by atoms with Gasteiger partial charge in [-0.15, -0.1) is 0 Å². The van der Waals surface area contributed by atoms with Gasteiger partial charge in [-0.05, 0) is 65.2 Å². The third kappa shape index (κ3) is 3.99. The highest BCUT2D eigenvalue weighted by atomic mass is 79.9. The lowest BCUT2D eigenvalue weighted by Gasteiger charge is -2.14. The smallest absolute Gasteiger partial charge is 0.363 e. The third-order valence-corrected chi connectivity index (χ3v) is 4.03. The van der Waals surface area contributed by atoms with Gasteiger partial charge in [0, 0.05) is 0 Å². The Morgan fingerprint density at radius 2 is 2.12 bits per heavy atom. The molecule has 6 nitrogen and oxygen atoms in total. The fourth-order valence-electron chi connectivity index (χ4n) is 2.35. The Morgan fingerprint density at radius 1 is 1.27 bits per heavy atom. The number of hydrogen-bond donors (Lipinski definition) is 0. The summed E-state index contributed by atoms with van der Waals surface area (Å²) in [6.45, 7) is 5.02. The first-order chi connectivity index (χ1) is 12.6. The lowest BCUT2D eigenvalue weighted by Crippen LogP contribution is -2.04. The van der Waals surface area contributed by atoms with Crippen LogP contribution in [0.25, 0.3) is 6.08 Å². The minimum absolute atomic E-state index is 0.151. The molecule has 0 unspecified atom stereocenters. The Kier molecular flexibility index (Phi) is 5.78. The molecule has 1 aliphatic rings. The highest BCUT2D eigenvalue weighted by Gasteiger charge is 2.26. The summed E-state index contributed by atoms with van der Waals surface area (Å²) in [6, 6.07) is 7.03. The number of carbonyl (C=O) groups excluding carboxylic acids is 1. The van der Waals surface area contributed by atoms with Crippen LogP contribution < -0.4 is 9.47 Å². The number of furan rings is 1. The zero-order chi connectivity index (χ0) is 18.5. The maximum absolute atomic E-state index is 12.1. The van der Waals surface area contributed by atoms with Gasteiger partial charge in [-0.2, -0.15) is 0 Å². The first kappa shape index (κ1) is 18.3. The van der Waals surface area contributed by atoms with Crippen molar-refractivity contribution < 1.29 is 23.4 Å². The third-order valence-electron chi connectivity index (χ3n) is 3.44. The molecule has 0 atom stereocenters. The number of cyclic esters (lactones) is 1. The molecule has 0 N–H and O–H groups in total. The number of carbonyl (C=O) groups is 1. The molecule has 1 aromatic carbocycles. The van der Waals surface area contributed by atoms with Crippen LogP contribution >= 0.6 is 15.9 Å². The number of benzene rings is 1. The highest BCUT2D eigenvalue weighted by Crippen LogP contribution is 2.38. The van der Waals surface area contributed by atoms with Crippen molar-refractivity contribution in [2.45, 2.75) is 20.3 Å². The van der Waals surface area contributed by atoms with Crippen molar-refractivity contribution in [1.82, 2.24) is 0 Å². The molecule has 0 radical (unpaired) electrons. The van der Waals surface area contributed by atoms with Crippen LogP contribution in [-0.4, -0.2) is 25.1 Å². The van der Waals surface area contributed by atoms with E-state index < -0.39 is 5.97 Å². The van der Waals surface area contributed by atoms with Gasteiger partial charge in [0.25, 0.3) is 5.90 Å². The van der Waals surface area contributed by atoms with Gasteiger partial charge in [0.05, 0.1) is 23.9 Å². The van der Waals surface area contributed by atoms with Crippen molar-refractivity contribution in [3.63, 3.8) is 0 Å². The molecule has 3 rings (SSSR count). The number of aliphatic imine (C=N–C) groups is 1. The fourth-order valence-corrected chi connectivity index (χ4v) is 2.93. The molecule has 2 aromatic rings. The highest BCUT2D eigenvalue weighted by molar-refractivity contribution is 9.10. The summed E-state index contributed by atoms with van der Waals surface area (Å²) in [5.41, 5.74) is 0.925. The summed E-state index contributed by atoms with van der Waals surface area (Å²) in [7, 11) is 0. The fraction of sp³-hybridized carbons (Fsp3) is 0.263. The quantitative estimate of drug-likeness (QED) is 0.485. The number of esters is 1. The molecule has 0 aliphatic carbocycles. The lowest BCUT2D eigenvalue weighted by molar-refractivity contribution is -0.130. The van der Waals surface area contributed by atoms with Crippen LogP contribution in [-0.2, 0) is 9.53 Å². The monoisotopic (exact) mass is 419 g/mol. The van der Waals surface area contributed by atoms with Crippen LogP contribution in [0.3, 0.4) is 0 Å². The molecule has 0 saturated carbocycles. The van der Waals surface area contributed by atoms with Gasteiger partial charge in [-0.25, -0.2) is 9.79 Å². The van der Waals surface area contributed by atoms with Crippen molar-refractivity contribution in [2.75, 3.05) is 13.2 Å². The first-order valence-electron chi connectivity index (χ1n) is 8.28. The first-order valence-corrected chi connectivity index (χ1v) is 9.07. The van der Waals surface area contributed by atoms with E-state index in [0.29, 0.717) is 30.5 Å². The van der Waals surface area contributed by atoms with Crippen LogP contribution in [0.2, 0.25) is 0 Å². The Morgan fingerprint density at radius 3 is 2.81 bits per heavy atom. The second-order valence-electron chi connectivity index (χ2n) is 5.42. The Balaban J connectivity index is 1.93. The van der Waals surface area contributed by atoms with E-state index in [4.69, 9.17) is 18.6 Å². The predicted octanol–water partition coefficient (Wildman–Crippen LogP) is 4.57. The van der Waals surface area contributed by atoms with Gasteiger partial charge in [-0.1, -0.05) is 6.92 Å².